The van der Waals surface area contributed by atoms with E-state index in [1.807, 2.05) is 197 Å². The SMILES string of the molecule is CCCc1ccc(O)cc1.CCc1ccc(O)cc1.Cc1ccc(C)c(O)c1.Cc1ccc(O)c(C)c1.Cc1ccc(O)cc1.Cc1ccc(O)cc1C.Cc1cccc(C)c1O.Cc1cccc(O)c1.Cc1ccccc1O.Oc1ccccc1. The largest absolute Gasteiger partial charge is 0.508 e. The van der Waals surface area contributed by atoms with Gasteiger partial charge in [0.1, 0.15) is 57.5 Å². The predicted octanol–water partition coefficient (Wildman–Crippen LogP) is 18.8. The molecule has 10 N–H and O–H groups in total. The Kier molecular flexibility index (Phi) is 36.3. The summed E-state index contributed by atoms with van der Waals surface area (Å²) >= 11 is 0. The van der Waals surface area contributed by atoms with Crippen LogP contribution in [0, 0.1) is 76.2 Å². The summed E-state index contributed by atoms with van der Waals surface area (Å²) in [5.74, 6) is 3.56. The van der Waals surface area contributed by atoms with Crippen molar-refractivity contribution in [1.29, 1.82) is 0 Å². The predicted molar refractivity (Wildman–Crippen MR) is 357 cm³/mol. The van der Waals surface area contributed by atoms with E-state index in [4.69, 9.17) is 46.0 Å². The molecule has 10 rings (SSSR count). The van der Waals surface area contributed by atoms with Gasteiger partial charge >= 0.3 is 0 Å². The van der Waals surface area contributed by atoms with Gasteiger partial charge in [0, 0.05) is 0 Å². The normalized spacial score (nSPS) is 9.36. The van der Waals surface area contributed by atoms with E-state index in [1.165, 1.54) is 27.8 Å². The van der Waals surface area contributed by atoms with Crippen molar-refractivity contribution in [3.05, 3.63) is 297 Å². The maximum absolute atomic E-state index is 9.21. The van der Waals surface area contributed by atoms with Gasteiger partial charge in [0.15, 0.2) is 0 Å². The smallest absolute Gasteiger partial charge is 0.121 e. The van der Waals surface area contributed by atoms with Gasteiger partial charge in [-0.3, -0.25) is 0 Å². The number of phenolic OH excluding ortho intramolecular Hbond substituents is 10. The van der Waals surface area contributed by atoms with E-state index in [0.717, 1.165) is 63.8 Å². The third-order valence-electron chi connectivity index (χ3n) is 12.4. The monoisotopic (exact) mass is 1160 g/mol. The van der Waals surface area contributed by atoms with Crippen molar-refractivity contribution in [1.82, 2.24) is 0 Å². The van der Waals surface area contributed by atoms with Crippen molar-refractivity contribution in [2.45, 2.75) is 109 Å². The van der Waals surface area contributed by atoms with Gasteiger partial charge in [-0.15, -0.1) is 0 Å². The fourth-order valence-electron chi connectivity index (χ4n) is 6.90. The Morgan fingerprint density at radius 3 is 0.988 bits per heavy atom. The van der Waals surface area contributed by atoms with Gasteiger partial charge in [0.2, 0.25) is 0 Å². The number of benzene rings is 10. The lowest BCUT2D eigenvalue weighted by atomic mass is 10.1. The molecule has 0 aliphatic heterocycles. The number of rotatable bonds is 3. The average Bonchev–Trinajstić information content (AvgIpc) is 3.63. The van der Waals surface area contributed by atoms with Crippen LogP contribution in [0.15, 0.2) is 224 Å². The van der Waals surface area contributed by atoms with Crippen LogP contribution in [0.25, 0.3) is 0 Å². The number of hydrogen-bond donors (Lipinski definition) is 10. The fourth-order valence-corrected chi connectivity index (χ4v) is 6.90. The topological polar surface area (TPSA) is 202 Å². The molecule has 10 heteroatoms. The molecule has 0 saturated heterocycles. The molecule has 0 unspecified atom stereocenters. The molecular weight excluding hydrogens is 1070 g/mol. The molecule has 0 heterocycles. The van der Waals surface area contributed by atoms with Gasteiger partial charge in [-0.25, -0.2) is 0 Å². The quantitative estimate of drug-likeness (QED) is 0.0811. The molecule has 0 aliphatic rings. The van der Waals surface area contributed by atoms with E-state index in [1.54, 1.807) is 103 Å². The van der Waals surface area contributed by atoms with Gasteiger partial charge in [-0.1, -0.05) is 165 Å². The molecule has 10 nitrogen and oxygen atoms in total. The van der Waals surface area contributed by atoms with Crippen molar-refractivity contribution in [3.63, 3.8) is 0 Å². The van der Waals surface area contributed by atoms with Crippen molar-refractivity contribution in [3.8, 4) is 57.5 Å². The Morgan fingerprint density at radius 1 is 0.233 bits per heavy atom. The Hall–Kier alpha value is -9.80. The summed E-state index contributed by atoms with van der Waals surface area (Å²) in [6.07, 6.45) is 3.28. The summed E-state index contributed by atoms with van der Waals surface area (Å²) in [7, 11) is 0. The van der Waals surface area contributed by atoms with Crippen LogP contribution in [0.2, 0.25) is 0 Å². The Morgan fingerprint density at radius 2 is 0.616 bits per heavy atom. The van der Waals surface area contributed by atoms with E-state index in [2.05, 4.69) is 13.8 Å². The second kappa shape index (κ2) is 42.1. The molecule has 0 radical (unpaired) electrons. The average molecular weight is 1170 g/mol. The van der Waals surface area contributed by atoms with Crippen molar-refractivity contribution < 1.29 is 51.1 Å². The van der Waals surface area contributed by atoms with Crippen LogP contribution in [0.4, 0.5) is 0 Å². The first kappa shape index (κ1) is 74.2. The second-order valence-corrected chi connectivity index (χ2v) is 20.3. The minimum absolute atomic E-state index is 0.322. The van der Waals surface area contributed by atoms with Gasteiger partial charge in [-0.2, -0.15) is 0 Å². The van der Waals surface area contributed by atoms with E-state index in [-0.39, 0.29) is 0 Å². The first-order valence-electron chi connectivity index (χ1n) is 28.3. The van der Waals surface area contributed by atoms with Crippen LogP contribution in [0.1, 0.15) is 92.6 Å². The molecule has 10 aromatic carbocycles. The number of aromatic hydroxyl groups is 10. The number of para-hydroxylation sites is 3. The third kappa shape index (κ3) is 34.6. The summed E-state index contributed by atoms with van der Waals surface area (Å²) in [4.78, 5) is 0. The number of aryl methyl sites for hydroxylation is 13. The summed E-state index contributed by atoms with van der Waals surface area (Å²) in [6.45, 7) is 25.6. The van der Waals surface area contributed by atoms with Crippen LogP contribution in [0.5, 0.6) is 57.5 Å². The zero-order valence-corrected chi connectivity index (χ0v) is 52.5. The lowest BCUT2D eigenvalue weighted by Gasteiger charge is -1.99. The molecular formula is C76H92O10. The molecule has 86 heavy (non-hydrogen) atoms. The molecule has 0 aromatic heterocycles. The van der Waals surface area contributed by atoms with Crippen molar-refractivity contribution in [2.24, 2.45) is 0 Å². The second-order valence-electron chi connectivity index (χ2n) is 20.3. The minimum atomic E-state index is 0.322. The third-order valence-corrected chi connectivity index (χ3v) is 12.4. The van der Waals surface area contributed by atoms with Gasteiger partial charge in [-0.05, 0) is 241 Å². The standard InChI is InChI=1S/C9H12O.5C8H10O.3C7H8O.C6H6O/c1-2-3-8-4-6-9(10)7-5-8;1-6-3-4-8(9)5-7(6)2;1-6-3-4-8(9)7(2)5-6;1-6-3-4-7(2)8(9)5-6;1-6-4-3-5-7(2)8(6)9;1-2-7-3-5-8(9)6-4-7;1-6-2-4-7(8)5-3-6;1-6-3-2-4-7(8)5-6;1-6-4-2-3-5-7(6)8;7-6-4-2-1-3-5-6/h4-7,10H,2-3H2,1H3;4*3-5,9H,1-2H3;3-6,9H,2H2,1H3;3*2-5,8H,1H3;1-5,7H. The molecule has 10 aromatic rings. The number of hydrogen-bond acceptors (Lipinski definition) is 10. The van der Waals surface area contributed by atoms with Crippen molar-refractivity contribution >= 4 is 0 Å². The Labute approximate surface area is 512 Å². The molecule has 456 valence electrons. The summed E-state index contributed by atoms with van der Waals surface area (Å²) in [5.41, 5.74) is 14.1. The molecule has 0 amide bonds. The van der Waals surface area contributed by atoms with E-state index in [0.29, 0.717) is 57.5 Å². The molecule has 0 bridgehead atoms. The zero-order valence-electron chi connectivity index (χ0n) is 52.5. The van der Waals surface area contributed by atoms with Gasteiger partial charge < -0.3 is 51.1 Å². The lowest BCUT2D eigenvalue weighted by molar-refractivity contribution is 0.466. The molecule has 0 saturated carbocycles. The molecule has 0 spiro atoms. The molecule has 0 aliphatic carbocycles. The lowest BCUT2D eigenvalue weighted by Crippen LogP contribution is -1.79. The number of phenols is 10. The molecule has 0 atom stereocenters. The van der Waals surface area contributed by atoms with Crippen LogP contribution in [0.3, 0.4) is 0 Å². The van der Waals surface area contributed by atoms with Gasteiger partial charge in [0.05, 0.1) is 0 Å². The van der Waals surface area contributed by atoms with Crippen LogP contribution in [-0.2, 0) is 12.8 Å². The van der Waals surface area contributed by atoms with Gasteiger partial charge in [0.25, 0.3) is 0 Å². The first-order valence-corrected chi connectivity index (χ1v) is 28.3. The van der Waals surface area contributed by atoms with E-state index < -0.39 is 0 Å². The summed E-state index contributed by atoms with van der Waals surface area (Å²) < 4.78 is 0. The summed E-state index contributed by atoms with van der Waals surface area (Å²) in [6, 6.07) is 67.1. The maximum Gasteiger partial charge on any atom is 0.121 e. The highest BCUT2D eigenvalue weighted by Gasteiger charge is 1.97. The highest BCUT2D eigenvalue weighted by molar-refractivity contribution is 5.39. The van der Waals surface area contributed by atoms with E-state index >= 15 is 0 Å². The zero-order chi connectivity index (χ0) is 64.6. The first-order chi connectivity index (χ1) is 40.7. The highest BCUT2D eigenvalue weighted by atomic mass is 16.3. The molecule has 0 fully saturated rings. The highest BCUT2D eigenvalue weighted by Crippen LogP contribution is 2.21. The summed E-state index contributed by atoms with van der Waals surface area (Å²) in [5, 5.41) is 89.2. The van der Waals surface area contributed by atoms with Crippen LogP contribution >= 0.6 is 0 Å². The van der Waals surface area contributed by atoms with Crippen LogP contribution in [-0.4, -0.2) is 51.1 Å². The Balaban J connectivity index is 0.000000478. The maximum atomic E-state index is 9.21. The van der Waals surface area contributed by atoms with E-state index in [9.17, 15) is 5.11 Å². The van der Waals surface area contributed by atoms with Crippen molar-refractivity contribution in [2.75, 3.05) is 0 Å². The van der Waals surface area contributed by atoms with Crippen LogP contribution < -0.4 is 0 Å². The minimum Gasteiger partial charge on any atom is -0.508 e. The fraction of sp³-hybridized carbons (Fsp3) is 0.211. The Bertz CT molecular complexity index is 3210.